The first-order valence-corrected chi connectivity index (χ1v) is 14.8. The molecule has 0 saturated heterocycles. The van der Waals surface area contributed by atoms with Gasteiger partial charge in [0.1, 0.15) is 5.01 Å². The van der Waals surface area contributed by atoms with Crippen LogP contribution in [0.5, 0.6) is 0 Å². The number of ether oxygens (including phenoxy) is 2. The average molecular weight is 588 g/mol. The molecule has 0 bridgehead atoms. The molecule has 0 unspecified atom stereocenters. The van der Waals surface area contributed by atoms with Crippen molar-refractivity contribution in [1.29, 1.82) is 0 Å². The zero-order valence-electron chi connectivity index (χ0n) is 24.4. The lowest BCUT2D eigenvalue weighted by Gasteiger charge is -2.29. The number of rotatable bonds is 7. The lowest BCUT2D eigenvalue weighted by Crippen LogP contribution is -2.29. The summed E-state index contributed by atoms with van der Waals surface area (Å²) in [5.41, 5.74) is 8.16. The Kier molecular flexibility index (Phi) is 8.06. The first-order valence-electron chi connectivity index (χ1n) is 13.6. The van der Waals surface area contributed by atoms with E-state index in [1.165, 1.54) is 0 Å². The standard InChI is InChI=1S/C33H34ClN3O3S/c1-8-39-32(38)29(40-33(4,5)6)27-19(2)17-26-30(28(27)22-13-15-24(34)16-14-22)41-31(36-26)23-11-9-21(10-12-23)25-18-35-37(7)20(25)3/h9-18,29H,8H2,1-7H3/t29-/m0/s1. The van der Waals surface area contributed by atoms with Crippen molar-refractivity contribution < 1.29 is 14.3 Å². The Bertz CT molecular complexity index is 1710. The fourth-order valence-corrected chi connectivity index (χ4v) is 6.20. The summed E-state index contributed by atoms with van der Waals surface area (Å²) < 4.78 is 14.7. The van der Waals surface area contributed by atoms with Crippen LogP contribution in [-0.4, -0.2) is 32.9 Å². The Morgan fingerprint density at radius 3 is 2.24 bits per heavy atom. The lowest BCUT2D eigenvalue weighted by molar-refractivity contribution is -0.166. The van der Waals surface area contributed by atoms with Crippen molar-refractivity contribution in [3.05, 3.63) is 82.6 Å². The van der Waals surface area contributed by atoms with Crippen LogP contribution in [0, 0.1) is 13.8 Å². The highest BCUT2D eigenvalue weighted by molar-refractivity contribution is 7.22. The predicted molar refractivity (Wildman–Crippen MR) is 167 cm³/mol. The highest BCUT2D eigenvalue weighted by Crippen LogP contribution is 2.44. The van der Waals surface area contributed by atoms with Crippen molar-refractivity contribution in [2.45, 2.75) is 53.2 Å². The van der Waals surface area contributed by atoms with Gasteiger partial charge < -0.3 is 9.47 Å². The molecule has 0 aliphatic heterocycles. The molecular formula is C33H34ClN3O3S. The van der Waals surface area contributed by atoms with Crippen LogP contribution in [-0.2, 0) is 21.3 Å². The van der Waals surface area contributed by atoms with E-state index >= 15 is 0 Å². The van der Waals surface area contributed by atoms with Crippen molar-refractivity contribution >= 4 is 39.1 Å². The van der Waals surface area contributed by atoms with Gasteiger partial charge in [-0.25, -0.2) is 9.78 Å². The smallest absolute Gasteiger partial charge is 0.339 e. The molecule has 2 aromatic heterocycles. The summed E-state index contributed by atoms with van der Waals surface area (Å²) in [5.74, 6) is -0.411. The van der Waals surface area contributed by atoms with E-state index in [1.54, 1.807) is 18.3 Å². The predicted octanol–water partition coefficient (Wildman–Crippen LogP) is 8.72. The summed E-state index contributed by atoms with van der Waals surface area (Å²) in [6.45, 7) is 12.0. The first-order chi connectivity index (χ1) is 19.5. The number of aryl methyl sites for hydroxylation is 2. The minimum atomic E-state index is -0.905. The van der Waals surface area contributed by atoms with Gasteiger partial charge in [0.05, 0.1) is 28.6 Å². The summed E-state index contributed by atoms with van der Waals surface area (Å²) >= 11 is 7.87. The highest BCUT2D eigenvalue weighted by Gasteiger charge is 2.33. The number of esters is 1. The average Bonchev–Trinajstić information content (AvgIpc) is 3.49. The largest absolute Gasteiger partial charge is 0.464 e. The highest BCUT2D eigenvalue weighted by atomic mass is 35.5. The first kappa shape index (κ1) is 29.0. The molecule has 0 amide bonds. The number of halogens is 1. The molecule has 5 aromatic rings. The number of hydrogen-bond acceptors (Lipinski definition) is 6. The third-order valence-corrected chi connectivity index (χ3v) is 8.36. The van der Waals surface area contributed by atoms with Gasteiger partial charge in [-0.2, -0.15) is 5.10 Å². The fraction of sp³-hybridized carbons (Fsp3) is 0.303. The third-order valence-electron chi connectivity index (χ3n) is 6.97. The molecule has 5 rings (SSSR count). The van der Waals surface area contributed by atoms with E-state index in [9.17, 15) is 4.79 Å². The molecule has 0 N–H and O–H groups in total. The number of carbonyl (C=O) groups is 1. The number of carbonyl (C=O) groups excluding carboxylic acids is 1. The third kappa shape index (κ3) is 5.94. The van der Waals surface area contributed by atoms with Gasteiger partial charge >= 0.3 is 5.97 Å². The molecule has 3 aromatic carbocycles. The number of nitrogens with zero attached hydrogens (tertiary/aromatic N) is 3. The number of hydrogen-bond donors (Lipinski definition) is 0. The molecule has 0 aliphatic carbocycles. The Morgan fingerprint density at radius 1 is 1.02 bits per heavy atom. The van der Waals surface area contributed by atoms with Crippen molar-refractivity contribution in [1.82, 2.24) is 14.8 Å². The quantitative estimate of drug-likeness (QED) is 0.178. The summed E-state index contributed by atoms with van der Waals surface area (Å²) in [6, 6.07) is 18.1. The van der Waals surface area contributed by atoms with Crippen LogP contribution < -0.4 is 0 Å². The SMILES string of the molecule is CCOC(=O)[C@@H](OC(C)(C)C)c1c(C)cc2nc(-c3ccc(-c4cnn(C)c4C)cc3)sc2c1-c1ccc(Cl)cc1. The summed E-state index contributed by atoms with van der Waals surface area (Å²) in [4.78, 5) is 18.4. The van der Waals surface area contributed by atoms with E-state index in [2.05, 4.69) is 36.3 Å². The Labute approximate surface area is 249 Å². The van der Waals surface area contributed by atoms with E-state index in [0.29, 0.717) is 5.02 Å². The minimum absolute atomic E-state index is 0.264. The van der Waals surface area contributed by atoms with Crippen molar-refractivity contribution in [2.24, 2.45) is 7.05 Å². The van der Waals surface area contributed by atoms with Gasteiger partial charge in [-0.05, 0) is 76.4 Å². The molecular weight excluding hydrogens is 554 g/mol. The molecule has 2 heterocycles. The van der Waals surface area contributed by atoms with Crippen LogP contribution in [0.15, 0.2) is 60.8 Å². The number of fused-ring (bicyclic) bond motifs is 1. The molecule has 212 valence electrons. The van der Waals surface area contributed by atoms with Gasteiger partial charge in [0.25, 0.3) is 0 Å². The Hall–Kier alpha value is -3.52. The van der Waals surface area contributed by atoms with E-state index in [-0.39, 0.29) is 6.61 Å². The van der Waals surface area contributed by atoms with Crippen molar-refractivity contribution in [2.75, 3.05) is 6.61 Å². The van der Waals surface area contributed by atoms with E-state index in [1.807, 2.05) is 76.0 Å². The van der Waals surface area contributed by atoms with Crippen molar-refractivity contribution in [3.8, 4) is 32.8 Å². The number of benzene rings is 3. The Morgan fingerprint density at radius 2 is 1.66 bits per heavy atom. The Balaban J connectivity index is 1.69. The van der Waals surface area contributed by atoms with Gasteiger partial charge in [-0.1, -0.05) is 48.0 Å². The molecule has 0 aliphatic rings. The summed E-state index contributed by atoms with van der Waals surface area (Å²) in [5, 5.41) is 5.91. The monoisotopic (exact) mass is 587 g/mol. The molecule has 8 heteroatoms. The van der Waals surface area contributed by atoms with Gasteiger partial charge in [0, 0.05) is 40.0 Å². The second kappa shape index (κ2) is 11.4. The van der Waals surface area contributed by atoms with Crippen LogP contribution in [0.1, 0.15) is 50.6 Å². The van der Waals surface area contributed by atoms with Crippen LogP contribution in [0.25, 0.3) is 43.0 Å². The fourth-order valence-electron chi connectivity index (χ4n) is 4.95. The van der Waals surface area contributed by atoms with Gasteiger partial charge in [0.2, 0.25) is 0 Å². The van der Waals surface area contributed by atoms with Crippen LogP contribution in [0.4, 0.5) is 0 Å². The summed E-state index contributed by atoms with van der Waals surface area (Å²) in [6.07, 6.45) is 0.988. The van der Waals surface area contributed by atoms with Crippen LogP contribution in [0.2, 0.25) is 5.02 Å². The maximum atomic E-state index is 13.4. The zero-order chi connectivity index (χ0) is 29.5. The molecule has 0 fully saturated rings. The minimum Gasteiger partial charge on any atom is -0.464 e. The van der Waals surface area contributed by atoms with Gasteiger partial charge in [-0.3, -0.25) is 4.68 Å². The topological polar surface area (TPSA) is 66.2 Å². The maximum Gasteiger partial charge on any atom is 0.339 e. The summed E-state index contributed by atoms with van der Waals surface area (Å²) in [7, 11) is 1.95. The molecule has 6 nitrogen and oxygen atoms in total. The molecule has 0 spiro atoms. The zero-order valence-corrected chi connectivity index (χ0v) is 26.0. The van der Waals surface area contributed by atoms with E-state index in [0.717, 1.165) is 59.9 Å². The molecule has 0 saturated carbocycles. The maximum absolute atomic E-state index is 13.4. The van der Waals surface area contributed by atoms with Crippen LogP contribution >= 0.6 is 22.9 Å². The van der Waals surface area contributed by atoms with E-state index < -0.39 is 17.7 Å². The number of aromatic nitrogens is 3. The molecule has 1 atom stereocenters. The normalized spacial score (nSPS) is 12.6. The van der Waals surface area contributed by atoms with Crippen LogP contribution in [0.3, 0.4) is 0 Å². The molecule has 0 radical (unpaired) electrons. The second-order valence-corrected chi connectivity index (χ2v) is 12.5. The lowest BCUT2D eigenvalue weighted by atomic mass is 9.91. The van der Waals surface area contributed by atoms with E-state index in [4.69, 9.17) is 26.1 Å². The van der Waals surface area contributed by atoms with Gasteiger partial charge in [-0.15, -0.1) is 11.3 Å². The van der Waals surface area contributed by atoms with Crippen molar-refractivity contribution in [3.63, 3.8) is 0 Å². The molecule has 41 heavy (non-hydrogen) atoms. The second-order valence-electron chi connectivity index (χ2n) is 11.1. The number of thiazole rings is 1. The van der Waals surface area contributed by atoms with Gasteiger partial charge in [0.15, 0.2) is 6.10 Å².